The molecule has 0 fully saturated rings. The number of hydrogen-bond donors (Lipinski definition) is 1. The summed E-state index contributed by atoms with van der Waals surface area (Å²) in [6.45, 7) is -0.836. The van der Waals surface area contributed by atoms with Gasteiger partial charge in [0, 0.05) is 0 Å². The van der Waals surface area contributed by atoms with E-state index in [1.165, 1.54) is 0 Å². The van der Waals surface area contributed by atoms with Crippen LogP contribution in [0.3, 0.4) is 0 Å². The number of rotatable bonds is 2. The molecule has 1 N–H and O–H groups in total. The molecule has 0 aliphatic rings. The van der Waals surface area contributed by atoms with Crippen molar-refractivity contribution in [2.45, 2.75) is 17.7 Å². The van der Waals surface area contributed by atoms with E-state index in [9.17, 15) is 13.2 Å². The molecule has 0 radical (unpaired) electrons. The van der Waals surface area contributed by atoms with Crippen molar-refractivity contribution in [1.29, 1.82) is 0 Å². The van der Waals surface area contributed by atoms with Crippen molar-refractivity contribution in [3.05, 3.63) is 0 Å². The summed E-state index contributed by atoms with van der Waals surface area (Å²) in [6, 6.07) is 0. The molecule has 9 heavy (non-hydrogen) atoms. The molecule has 0 aromatic rings. The minimum atomic E-state index is -4.04. The highest BCUT2D eigenvalue weighted by atomic mass is 27.2. The predicted molar refractivity (Wildman–Crippen MR) is 31.5 cm³/mol. The molecular formula is C4H9AlF3N. The molecule has 0 saturated carbocycles. The van der Waals surface area contributed by atoms with E-state index < -0.39 is 27.1 Å². The quantitative estimate of drug-likeness (QED) is 0.594. The Balaban J connectivity index is 3.28. The van der Waals surface area contributed by atoms with E-state index in [2.05, 4.69) is 4.30 Å². The normalized spacial score (nSPS) is 11.7. The summed E-state index contributed by atoms with van der Waals surface area (Å²) in [5, 5.41) is 0. The van der Waals surface area contributed by atoms with Crippen molar-refractivity contribution in [2.75, 3.05) is 6.54 Å². The Kier molecular flexibility index (Phi) is 3.56. The second-order valence-corrected chi connectivity index (χ2v) is 4.87. The van der Waals surface area contributed by atoms with E-state index in [0.717, 1.165) is 0 Å². The maximum Gasteiger partial charge on any atom is 0.399 e. The fourth-order valence-electron chi connectivity index (χ4n) is 0.320. The molecule has 0 saturated heterocycles. The van der Waals surface area contributed by atoms with Crippen LogP contribution >= 0.6 is 0 Å². The molecule has 1 nitrogen and oxygen atoms in total. The van der Waals surface area contributed by atoms with Crippen molar-refractivity contribution in [3.63, 3.8) is 0 Å². The molecule has 0 aromatic carbocycles. The van der Waals surface area contributed by atoms with Gasteiger partial charge in [-0.2, -0.15) is 13.2 Å². The lowest BCUT2D eigenvalue weighted by Crippen LogP contribution is -2.36. The minimum absolute atomic E-state index is 0.836. The van der Waals surface area contributed by atoms with Gasteiger partial charge in [-0.1, -0.05) is 11.6 Å². The van der Waals surface area contributed by atoms with Gasteiger partial charge in [-0.25, -0.2) is 0 Å². The fourth-order valence-corrected chi connectivity index (χ4v) is 0.960. The first-order valence-electron chi connectivity index (χ1n) is 2.72. The van der Waals surface area contributed by atoms with Gasteiger partial charge in [-0.3, -0.25) is 0 Å². The lowest BCUT2D eigenvalue weighted by atomic mass is 10.7. The molecule has 54 valence electrons. The Hall–Kier alpha value is 0.282. The van der Waals surface area contributed by atoms with E-state index in [1.807, 2.05) is 11.6 Å². The van der Waals surface area contributed by atoms with Crippen molar-refractivity contribution in [2.24, 2.45) is 0 Å². The van der Waals surface area contributed by atoms with Gasteiger partial charge in [0.15, 0.2) is 0 Å². The maximum absolute atomic E-state index is 11.4. The van der Waals surface area contributed by atoms with Gasteiger partial charge in [-0.15, -0.1) is 0 Å². The highest BCUT2D eigenvalue weighted by molar-refractivity contribution is 6.52. The molecule has 5 heteroatoms. The zero-order chi connectivity index (χ0) is 7.49. The zero-order valence-corrected chi connectivity index (χ0v) is 6.57. The molecular weight excluding hydrogens is 146 g/mol. The van der Waals surface area contributed by atoms with E-state index in [-0.39, 0.29) is 0 Å². The van der Waals surface area contributed by atoms with Gasteiger partial charge >= 0.3 is 20.5 Å². The van der Waals surface area contributed by atoms with Crippen molar-refractivity contribution >= 4 is 14.4 Å². The number of hydrogen-bond acceptors (Lipinski definition) is 1. The third-order valence-electron chi connectivity index (χ3n) is 0.711. The molecule has 0 spiro atoms. The summed E-state index contributed by atoms with van der Waals surface area (Å²) >= 11 is -1.24. The SMILES string of the molecule is [CH3][Al]([CH3])[NH]CC(F)(F)F. The van der Waals surface area contributed by atoms with Gasteiger partial charge in [0.1, 0.15) is 0 Å². The Morgan fingerprint density at radius 1 is 1.33 bits per heavy atom. The summed E-state index contributed by atoms with van der Waals surface area (Å²) in [6.07, 6.45) is -4.04. The Labute approximate surface area is 56.8 Å². The van der Waals surface area contributed by atoms with Crippen LogP contribution in [0, 0.1) is 0 Å². The molecule has 0 aliphatic carbocycles. The first-order valence-corrected chi connectivity index (χ1v) is 5.60. The summed E-state index contributed by atoms with van der Waals surface area (Å²) in [4.78, 5) is 0. The fraction of sp³-hybridized carbons (Fsp3) is 1.00. The first-order chi connectivity index (χ1) is 3.92. The van der Waals surface area contributed by atoms with Crippen LogP contribution in [0.2, 0.25) is 11.6 Å². The number of nitrogens with one attached hydrogen (secondary N) is 1. The second kappa shape index (κ2) is 3.45. The average Bonchev–Trinajstić information content (AvgIpc) is 1.59. The van der Waals surface area contributed by atoms with Crippen molar-refractivity contribution in [1.82, 2.24) is 4.30 Å². The van der Waals surface area contributed by atoms with E-state index in [4.69, 9.17) is 0 Å². The number of alkyl halides is 3. The van der Waals surface area contributed by atoms with Crippen molar-refractivity contribution in [3.8, 4) is 0 Å². The smallest absolute Gasteiger partial charge is 0.391 e. The van der Waals surface area contributed by atoms with Gasteiger partial charge in [0.2, 0.25) is 0 Å². The van der Waals surface area contributed by atoms with Crippen molar-refractivity contribution < 1.29 is 13.2 Å². The van der Waals surface area contributed by atoms with Crippen LogP contribution in [0.15, 0.2) is 0 Å². The molecule has 0 unspecified atom stereocenters. The lowest BCUT2D eigenvalue weighted by molar-refractivity contribution is -0.121. The third-order valence-corrected chi connectivity index (χ3v) is 1.73. The topological polar surface area (TPSA) is 12.0 Å². The van der Waals surface area contributed by atoms with Crippen LogP contribution in [0.5, 0.6) is 0 Å². The molecule has 0 rings (SSSR count). The van der Waals surface area contributed by atoms with Crippen LogP contribution in [0.1, 0.15) is 0 Å². The standard InChI is InChI=1S/C2H3F3N.2CH3.Al/c3-2(4,5)1-6;;;/h6H,1H2;2*1H3;/q-1;;;+1. The van der Waals surface area contributed by atoms with Gasteiger partial charge in [0.05, 0.1) is 6.54 Å². The van der Waals surface area contributed by atoms with Crippen LogP contribution in [-0.4, -0.2) is 27.1 Å². The molecule has 0 heterocycles. The highest BCUT2D eigenvalue weighted by Gasteiger charge is 2.26. The maximum atomic E-state index is 11.4. The summed E-state index contributed by atoms with van der Waals surface area (Å²) in [5.74, 6) is 3.62. The second-order valence-electron chi connectivity index (χ2n) is 2.15. The van der Waals surface area contributed by atoms with Crippen LogP contribution < -0.4 is 4.30 Å². The van der Waals surface area contributed by atoms with Gasteiger partial charge in [-0.05, 0) is 0 Å². The molecule has 0 atom stereocenters. The van der Waals surface area contributed by atoms with Crippen LogP contribution in [0.25, 0.3) is 0 Å². The Bertz CT molecular complexity index is 80.4. The van der Waals surface area contributed by atoms with Crippen LogP contribution in [-0.2, 0) is 0 Å². The average molecular weight is 155 g/mol. The van der Waals surface area contributed by atoms with E-state index >= 15 is 0 Å². The lowest BCUT2D eigenvalue weighted by Gasteiger charge is -2.07. The molecule has 0 bridgehead atoms. The Morgan fingerprint density at radius 2 is 1.78 bits per heavy atom. The van der Waals surface area contributed by atoms with Gasteiger partial charge < -0.3 is 4.30 Å². The van der Waals surface area contributed by atoms with E-state index in [0.29, 0.717) is 0 Å². The molecule has 0 aliphatic heterocycles. The minimum Gasteiger partial charge on any atom is -0.391 e. The molecule has 0 amide bonds. The molecule has 0 aromatic heterocycles. The monoisotopic (exact) mass is 155 g/mol. The summed E-state index contributed by atoms with van der Waals surface area (Å²) in [7, 11) is 0. The van der Waals surface area contributed by atoms with Crippen LogP contribution in [0.4, 0.5) is 13.2 Å². The zero-order valence-electron chi connectivity index (χ0n) is 5.42. The summed E-state index contributed by atoms with van der Waals surface area (Å²) < 4.78 is 36.5. The predicted octanol–water partition coefficient (Wildman–Crippen LogP) is 1.39. The first kappa shape index (κ1) is 9.28. The Morgan fingerprint density at radius 3 is 1.89 bits per heavy atom. The third kappa shape index (κ3) is 8.28. The highest BCUT2D eigenvalue weighted by Crippen LogP contribution is 2.11. The largest absolute Gasteiger partial charge is 0.399 e. The van der Waals surface area contributed by atoms with E-state index in [1.54, 1.807) is 0 Å². The number of halogens is 3. The summed E-state index contributed by atoms with van der Waals surface area (Å²) in [5.41, 5.74) is 0. The van der Waals surface area contributed by atoms with Gasteiger partial charge in [0.25, 0.3) is 0 Å².